The highest BCUT2D eigenvalue weighted by Gasteiger charge is 2.30. The van der Waals surface area contributed by atoms with E-state index in [4.69, 9.17) is 15.7 Å². The molecule has 1 aliphatic heterocycles. The topological polar surface area (TPSA) is 67.9 Å². The van der Waals surface area contributed by atoms with Gasteiger partial charge in [0.1, 0.15) is 23.0 Å². The van der Waals surface area contributed by atoms with Crippen LogP contribution in [0.5, 0.6) is 0 Å². The van der Waals surface area contributed by atoms with Crippen LogP contribution >= 0.6 is 0 Å². The van der Waals surface area contributed by atoms with Gasteiger partial charge in [0.05, 0.1) is 16.9 Å². The predicted molar refractivity (Wildman–Crippen MR) is 112 cm³/mol. The lowest BCUT2D eigenvalue weighted by atomic mass is 9.92. The van der Waals surface area contributed by atoms with Gasteiger partial charge < -0.3 is 5.73 Å². The second kappa shape index (κ2) is 7.54. The van der Waals surface area contributed by atoms with Crippen molar-refractivity contribution in [3.63, 3.8) is 0 Å². The van der Waals surface area contributed by atoms with E-state index in [2.05, 4.69) is 9.88 Å². The van der Waals surface area contributed by atoms with Gasteiger partial charge >= 0.3 is 0 Å². The molecule has 2 aliphatic rings. The summed E-state index contributed by atoms with van der Waals surface area (Å²) in [5, 5.41) is 0. The quantitative estimate of drug-likeness (QED) is 0.690. The third-order valence-corrected chi connectivity index (χ3v) is 6.21. The zero-order chi connectivity index (χ0) is 20.8. The van der Waals surface area contributed by atoms with E-state index in [0.717, 1.165) is 73.0 Å². The number of aromatic nitrogens is 3. The van der Waals surface area contributed by atoms with Gasteiger partial charge in [-0.15, -0.1) is 0 Å². The van der Waals surface area contributed by atoms with E-state index in [1.807, 2.05) is 13.0 Å². The number of likely N-dealkylation sites (tertiary alicyclic amines) is 1. The van der Waals surface area contributed by atoms with Gasteiger partial charge in [-0.3, -0.25) is 9.88 Å². The summed E-state index contributed by atoms with van der Waals surface area (Å²) in [7, 11) is 0. The van der Waals surface area contributed by atoms with Crippen molar-refractivity contribution in [2.45, 2.75) is 51.0 Å². The SMILES string of the molecule is Cc1cc2nc(N)c(C3CCN(Cc4ccc(F)cc4F)CC3)nc2c(C2CC2)n1. The fraction of sp³-hybridized carbons (Fsp3) is 0.435. The minimum atomic E-state index is -0.546. The molecule has 2 aromatic heterocycles. The third-order valence-electron chi connectivity index (χ3n) is 6.21. The number of halogens is 2. The number of nitrogens with zero attached hydrogens (tertiary/aromatic N) is 4. The molecular weight excluding hydrogens is 384 g/mol. The molecule has 156 valence electrons. The van der Waals surface area contributed by atoms with Crippen LogP contribution in [-0.2, 0) is 6.54 Å². The van der Waals surface area contributed by atoms with Crippen molar-refractivity contribution in [2.75, 3.05) is 18.8 Å². The van der Waals surface area contributed by atoms with Crippen LogP contribution < -0.4 is 5.73 Å². The molecule has 0 radical (unpaired) electrons. The second-order valence-electron chi connectivity index (χ2n) is 8.57. The number of piperidine rings is 1. The van der Waals surface area contributed by atoms with E-state index in [1.165, 1.54) is 12.1 Å². The highest BCUT2D eigenvalue weighted by Crippen LogP contribution is 2.42. The zero-order valence-corrected chi connectivity index (χ0v) is 17.0. The van der Waals surface area contributed by atoms with Gasteiger partial charge in [-0.1, -0.05) is 6.07 Å². The molecule has 1 aliphatic carbocycles. The van der Waals surface area contributed by atoms with Crippen molar-refractivity contribution in [2.24, 2.45) is 0 Å². The molecule has 2 N–H and O–H groups in total. The number of hydrogen-bond acceptors (Lipinski definition) is 5. The van der Waals surface area contributed by atoms with Gasteiger partial charge in [0.15, 0.2) is 0 Å². The first-order valence-electron chi connectivity index (χ1n) is 10.6. The maximum atomic E-state index is 14.0. The minimum Gasteiger partial charge on any atom is -0.382 e. The van der Waals surface area contributed by atoms with Crippen LogP contribution in [0.3, 0.4) is 0 Å². The molecule has 1 aromatic carbocycles. The monoisotopic (exact) mass is 409 g/mol. The summed E-state index contributed by atoms with van der Waals surface area (Å²) in [6.07, 6.45) is 4.08. The average molecular weight is 409 g/mol. The molecule has 0 unspecified atom stereocenters. The van der Waals surface area contributed by atoms with Crippen LogP contribution in [0.25, 0.3) is 11.0 Å². The summed E-state index contributed by atoms with van der Waals surface area (Å²) in [6.45, 7) is 4.08. The van der Waals surface area contributed by atoms with Gasteiger partial charge in [-0.2, -0.15) is 0 Å². The molecule has 0 atom stereocenters. The van der Waals surface area contributed by atoms with Crippen LogP contribution in [0.4, 0.5) is 14.6 Å². The summed E-state index contributed by atoms with van der Waals surface area (Å²) in [5.74, 6) is 0.181. The highest BCUT2D eigenvalue weighted by molar-refractivity contribution is 5.79. The largest absolute Gasteiger partial charge is 0.382 e. The molecule has 1 saturated heterocycles. The number of fused-ring (bicyclic) bond motifs is 1. The molecular formula is C23H25F2N5. The third kappa shape index (κ3) is 3.74. The van der Waals surface area contributed by atoms with E-state index in [-0.39, 0.29) is 5.92 Å². The van der Waals surface area contributed by atoms with E-state index < -0.39 is 11.6 Å². The normalized spacial score (nSPS) is 18.2. The maximum absolute atomic E-state index is 14.0. The first-order chi connectivity index (χ1) is 14.5. The molecule has 0 spiro atoms. The molecule has 3 aromatic rings. The minimum absolute atomic E-state index is 0.226. The van der Waals surface area contributed by atoms with Crippen molar-refractivity contribution in [3.8, 4) is 0 Å². The Morgan fingerprint density at radius 2 is 1.70 bits per heavy atom. The fourth-order valence-electron chi connectivity index (χ4n) is 4.43. The van der Waals surface area contributed by atoms with Crippen molar-refractivity contribution >= 4 is 16.9 Å². The molecule has 1 saturated carbocycles. The average Bonchev–Trinajstić information content (AvgIpc) is 3.55. The van der Waals surface area contributed by atoms with Crippen LogP contribution in [0.2, 0.25) is 0 Å². The van der Waals surface area contributed by atoms with Gasteiger partial charge in [0.2, 0.25) is 0 Å². The number of nitrogens with two attached hydrogens (primary N) is 1. The Hall–Kier alpha value is -2.67. The summed E-state index contributed by atoms with van der Waals surface area (Å²) in [5.41, 5.74) is 11.4. The highest BCUT2D eigenvalue weighted by atomic mass is 19.1. The van der Waals surface area contributed by atoms with Crippen LogP contribution in [-0.4, -0.2) is 32.9 Å². The summed E-state index contributed by atoms with van der Waals surface area (Å²) >= 11 is 0. The lowest BCUT2D eigenvalue weighted by molar-refractivity contribution is 0.201. The summed E-state index contributed by atoms with van der Waals surface area (Å²) in [6, 6.07) is 5.73. The Morgan fingerprint density at radius 3 is 2.40 bits per heavy atom. The number of aryl methyl sites for hydroxylation is 1. The molecule has 30 heavy (non-hydrogen) atoms. The Bertz CT molecular complexity index is 1100. The Balaban J connectivity index is 1.35. The summed E-state index contributed by atoms with van der Waals surface area (Å²) < 4.78 is 27.1. The molecule has 2 fully saturated rings. The van der Waals surface area contributed by atoms with Crippen LogP contribution in [0.15, 0.2) is 24.3 Å². The van der Waals surface area contributed by atoms with Crippen molar-refractivity contribution in [1.29, 1.82) is 0 Å². The van der Waals surface area contributed by atoms with Crippen molar-refractivity contribution in [1.82, 2.24) is 19.9 Å². The molecule has 3 heterocycles. The predicted octanol–water partition coefficient (Wildman–Crippen LogP) is 4.45. The summed E-state index contributed by atoms with van der Waals surface area (Å²) in [4.78, 5) is 16.6. The molecule has 7 heteroatoms. The van der Waals surface area contributed by atoms with Crippen molar-refractivity contribution < 1.29 is 8.78 Å². The molecule has 5 nitrogen and oxygen atoms in total. The Morgan fingerprint density at radius 1 is 0.967 bits per heavy atom. The zero-order valence-electron chi connectivity index (χ0n) is 17.0. The first kappa shape index (κ1) is 19.3. The van der Waals surface area contributed by atoms with Crippen molar-refractivity contribution in [3.05, 3.63) is 58.5 Å². The van der Waals surface area contributed by atoms with E-state index in [1.54, 1.807) is 0 Å². The van der Waals surface area contributed by atoms with Gasteiger partial charge in [0, 0.05) is 35.7 Å². The van der Waals surface area contributed by atoms with Crippen LogP contribution in [0.1, 0.15) is 60.2 Å². The van der Waals surface area contributed by atoms with Gasteiger partial charge in [-0.25, -0.2) is 18.7 Å². The number of hydrogen-bond donors (Lipinski definition) is 1. The van der Waals surface area contributed by atoms with Crippen LogP contribution in [0, 0.1) is 18.6 Å². The fourth-order valence-corrected chi connectivity index (χ4v) is 4.43. The first-order valence-corrected chi connectivity index (χ1v) is 10.6. The molecule has 0 amide bonds. The standard InChI is InChI=1S/C23H25F2N5/c1-13-10-19-22(20(27-13)14-2-3-14)29-21(23(26)28-19)15-6-8-30(9-7-15)12-16-4-5-17(24)11-18(16)25/h4-5,10-11,14-15H,2-3,6-9,12H2,1H3,(H2,26,28). The number of pyridine rings is 1. The Labute approximate surface area is 174 Å². The van der Waals surface area contributed by atoms with E-state index in [9.17, 15) is 8.78 Å². The van der Waals surface area contributed by atoms with E-state index >= 15 is 0 Å². The van der Waals surface area contributed by atoms with Gasteiger partial charge in [0.25, 0.3) is 0 Å². The lowest BCUT2D eigenvalue weighted by Crippen LogP contribution is -2.33. The Kier molecular flexibility index (Phi) is 4.85. The lowest BCUT2D eigenvalue weighted by Gasteiger charge is -2.32. The number of anilines is 1. The number of rotatable bonds is 4. The molecule has 0 bridgehead atoms. The smallest absolute Gasteiger partial charge is 0.146 e. The number of nitrogen functional groups attached to an aromatic ring is 1. The van der Waals surface area contributed by atoms with Gasteiger partial charge in [-0.05, 0) is 57.8 Å². The second-order valence-corrected chi connectivity index (χ2v) is 8.57. The van der Waals surface area contributed by atoms with E-state index in [0.29, 0.717) is 23.8 Å². The number of benzene rings is 1. The maximum Gasteiger partial charge on any atom is 0.146 e. The molecule has 5 rings (SSSR count).